The number of nitrogens with zero attached hydrogens (tertiary/aromatic N) is 2. The number of carboxylic acid groups (broad SMARTS) is 1. The molecule has 2 heterocycles. The van der Waals surface area contributed by atoms with E-state index < -0.39 is 18.1 Å². The first kappa shape index (κ1) is 14.9. The van der Waals surface area contributed by atoms with Crippen molar-refractivity contribution >= 4 is 17.8 Å². The molecule has 0 bridgehead atoms. The number of aliphatic carboxylic acids is 1. The van der Waals surface area contributed by atoms with Gasteiger partial charge in [0, 0.05) is 19.1 Å². The molecule has 2 fully saturated rings. The van der Waals surface area contributed by atoms with Gasteiger partial charge in [-0.2, -0.15) is 0 Å². The number of hydrogen-bond acceptors (Lipinski definition) is 5. The number of imide groups is 1. The van der Waals surface area contributed by atoms with Crippen LogP contribution in [0.1, 0.15) is 26.7 Å². The van der Waals surface area contributed by atoms with Crippen LogP contribution in [0, 0.1) is 0 Å². The Hall–Kier alpha value is -1.47. The lowest BCUT2D eigenvalue weighted by atomic mass is 10.1. The minimum atomic E-state index is -0.922. The standard InChI is InChI=1S/C13H20N2O5/c1-8(2)15-11(16)6-10(13(15)19)14-3-4-20-9(7-14)5-12(17)18/h8-10H,3-7H2,1-2H3,(H,17,18). The number of carbonyl (C=O) groups is 3. The van der Waals surface area contributed by atoms with Gasteiger partial charge in [0.1, 0.15) is 0 Å². The molecule has 1 N–H and O–H groups in total. The van der Waals surface area contributed by atoms with Crippen LogP contribution < -0.4 is 0 Å². The molecule has 2 aliphatic heterocycles. The van der Waals surface area contributed by atoms with Gasteiger partial charge in [-0.25, -0.2) is 0 Å². The van der Waals surface area contributed by atoms with Gasteiger partial charge in [0.05, 0.1) is 31.6 Å². The number of likely N-dealkylation sites (tertiary alicyclic amines) is 1. The number of hydrogen-bond donors (Lipinski definition) is 1. The lowest BCUT2D eigenvalue weighted by Crippen LogP contribution is -2.51. The van der Waals surface area contributed by atoms with Crippen molar-refractivity contribution < 1.29 is 24.2 Å². The van der Waals surface area contributed by atoms with Crippen molar-refractivity contribution in [3.63, 3.8) is 0 Å². The Bertz CT molecular complexity index is 423. The smallest absolute Gasteiger partial charge is 0.306 e. The Morgan fingerprint density at radius 3 is 2.70 bits per heavy atom. The molecule has 112 valence electrons. The second-order valence-electron chi connectivity index (χ2n) is 5.50. The highest BCUT2D eigenvalue weighted by Crippen LogP contribution is 2.23. The minimum absolute atomic E-state index is 0.0841. The van der Waals surface area contributed by atoms with Gasteiger partial charge in [0.25, 0.3) is 0 Å². The van der Waals surface area contributed by atoms with Gasteiger partial charge in [0.2, 0.25) is 11.8 Å². The molecule has 7 heteroatoms. The summed E-state index contributed by atoms with van der Waals surface area (Å²) in [6.45, 7) is 4.93. The fourth-order valence-electron chi connectivity index (χ4n) is 2.81. The molecular formula is C13H20N2O5. The molecule has 2 saturated heterocycles. The number of morpholine rings is 1. The van der Waals surface area contributed by atoms with Crippen LogP contribution in [-0.4, -0.2) is 70.6 Å². The molecule has 2 unspecified atom stereocenters. The Kier molecular flexibility index (Phi) is 4.39. The highest BCUT2D eigenvalue weighted by atomic mass is 16.5. The predicted molar refractivity (Wildman–Crippen MR) is 69.0 cm³/mol. The number of rotatable bonds is 4. The molecule has 0 radical (unpaired) electrons. The summed E-state index contributed by atoms with van der Waals surface area (Å²) in [5, 5.41) is 8.80. The normalized spacial score (nSPS) is 28.4. The molecule has 7 nitrogen and oxygen atoms in total. The van der Waals surface area contributed by atoms with Gasteiger partial charge in [-0.05, 0) is 13.8 Å². The number of carbonyl (C=O) groups excluding carboxylic acids is 2. The highest BCUT2D eigenvalue weighted by molar-refractivity contribution is 6.05. The third-order valence-corrected chi connectivity index (χ3v) is 3.69. The molecule has 2 aliphatic rings. The van der Waals surface area contributed by atoms with Crippen LogP contribution in [0.2, 0.25) is 0 Å². The van der Waals surface area contributed by atoms with Crippen LogP contribution >= 0.6 is 0 Å². The molecule has 2 amide bonds. The maximum absolute atomic E-state index is 12.3. The molecule has 0 aromatic heterocycles. The van der Waals surface area contributed by atoms with Crippen LogP contribution in [0.4, 0.5) is 0 Å². The van der Waals surface area contributed by atoms with Crippen LogP contribution in [0.25, 0.3) is 0 Å². The Labute approximate surface area is 117 Å². The zero-order valence-corrected chi connectivity index (χ0v) is 11.7. The van der Waals surface area contributed by atoms with Gasteiger partial charge >= 0.3 is 5.97 Å². The van der Waals surface area contributed by atoms with Gasteiger partial charge in [0.15, 0.2) is 0 Å². The average Bonchev–Trinajstić information content (AvgIpc) is 2.64. The molecule has 0 aromatic rings. The first-order chi connectivity index (χ1) is 9.40. The van der Waals surface area contributed by atoms with E-state index in [-0.39, 0.29) is 30.7 Å². The van der Waals surface area contributed by atoms with E-state index in [1.165, 1.54) is 4.90 Å². The summed E-state index contributed by atoms with van der Waals surface area (Å²) in [5.74, 6) is -1.26. The van der Waals surface area contributed by atoms with Crippen molar-refractivity contribution in [2.24, 2.45) is 0 Å². The minimum Gasteiger partial charge on any atom is -0.481 e. The van der Waals surface area contributed by atoms with Gasteiger partial charge in [-0.15, -0.1) is 0 Å². The summed E-state index contributed by atoms with van der Waals surface area (Å²) in [5.41, 5.74) is 0. The first-order valence-corrected chi connectivity index (χ1v) is 6.83. The van der Waals surface area contributed by atoms with E-state index in [1.807, 2.05) is 18.7 Å². The zero-order valence-electron chi connectivity index (χ0n) is 11.7. The molecule has 0 aromatic carbocycles. The quantitative estimate of drug-likeness (QED) is 0.713. The second kappa shape index (κ2) is 5.88. The van der Waals surface area contributed by atoms with E-state index in [2.05, 4.69) is 0 Å². The largest absolute Gasteiger partial charge is 0.481 e. The molecule has 0 aliphatic carbocycles. The third kappa shape index (κ3) is 2.99. The van der Waals surface area contributed by atoms with Crippen molar-refractivity contribution in [2.75, 3.05) is 19.7 Å². The molecule has 2 rings (SSSR count). The van der Waals surface area contributed by atoms with Crippen molar-refractivity contribution in [1.82, 2.24) is 9.80 Å². The van der Waals surface area contributed by atoms with E-state index >= 15 is 0 Å². The summed E-state index contributed by atoms with van der Waals surface area (Å²) >= 11 is 0. The lowest BCUT2D eigenvalue weighted by Gasteiger charge is -2.35. The topological polar surface area (TPSA) is 87.2 Å². The number of carboxylic acids is 1. The van der Waals surface area contributed by atoms with E-state index in [0.717, 1.165) is 0 Å². The molecule has 0 saturated carbocycles. The average molecular weight is 284 g/mol. The monoisotopic (exact) mass is 284 g/mol. The molecule has 0 spiro atoms. The fourth-order valence-corrected chi connectivity index (χ4v) is 2.81. The molecule has 20 heavy (non-hydrogen) atoms. The van der Waals surface area contributed by atoms with E-state index in [4.69, 9.17) is 9.84 Å². The van der Waals surface area contributed by atoms with E-state index in [9.17, 15) is 14.4 Å². The summed E-state index contributed by atoms with van der Waals surface area (Å²) in [6.07, 6.45) is -0.326. The van der Waals surface area contributed by atoms with Gasteiger partial charge < -0.3 is 9.84 Å². The number of ether oxygens (including phenoxy) is 1. The van der Waals surface area contributed by atoms with Crippen molar-refractivity contribution in [2.45, 2.75) is 44.9 Å². The fraction of sp³-hybridized carbons (Fsp3) is 0.769. The Balaban J connectivity index is 2.03. The van der Waals surface area contributed by atoms with Crippen LogP contribution in [0.3, 0.4) is 0 Å². The van der Waals surface area contributed by atoms with Crippen molar-refractivity contribution in [3.05, 3.63) is 0 Å². The van der Waals surface area contributed by atoms with Crippen molar-refractivity contribution in [1.29, 1.82) is 0 Å². The SMILES string of the molecule is CC(C)N1C(=O)CC(N2CCOC(CC(=O)O)C2)C1=O. The molecular weight excluding hydrogens is 264 g/mol. The summed E-state index contributed by atoms with van der Waals surface area (Å²) in [6, 6.07) is -0.610. The van der Waals surface area contributed by atoms with Crippen LogP contribution in [0.15, 0.2) is 0 Å². The van der Waals surface area contributed by atoms with Crippen LogP contribution in [0.5, 0.6) is 0 Å². The zero-order chi connectivity index (χ0) is 14.9. The maximum Gasteiger partial charge on any atom is 0.306 e. The van der Waals surface area contributed by atoms with E-state index in [0.29, 0.717) is 19.7 Å². The lowest BCUT2D eigenvalue weighted by molar-refractivity contribution is -0.144. The van der Waals surface area contributed by atoms with Crippen LogP contribution in [-0.2, 0) is 19.1 Å². The third-order valence-electron chi connectivity index (χ3n) is 3.69. The summed E-state index contributed by atoms with van der Waals surface area (Å²) < 4.78 is 5.38. The summed E-state index contributed by atoms with van der Waals surface area (Å²) in [7, 11) is 0. The molecule has 2 atom stereocenters. The maximum atomic E-state index is 12.3. The predicted octanol–water partition coefficient (Wildman–Crippen LogP) is -0.302. The Morgan fingerprint density at radius 2 is 2.15 bits per heavy atom. The Morgan fingerprint density at radius 1 is 1.45 bits per heavy atom. The van der Waals surface area contributed by atoms with E-state index in [1.54, 1.807) is 0 Å². The summed E-state index contributed by atoms with van der Waals surface area (Å²) in [4.78, 5) is 38.1. The van der Waals surface area contributed by atoms with Gasteiger partial charge in [-0.3, -0.25) is 24.2 Å². The van der Waals surface area contributed by atoms with Gasteiger partial charge in [-0.1, -0.05) is 0 Å². The highest BCUT2D eigenvalue weighted by Gasteiger charge is 2.44. The number of amides is 2. The van der Waals surface area contributed by atoms with Crippen molar-refractivity contribution in [3.8, 4) is 0 Å². The first-order valence-electron chi connectivity index (χ1n) is 6.83. The second-order valence-corrected chi connectivity index (χ2v) is 5.50.